The molecule has 0 aliphatic carbocycles. The van der Waals surface area contributed by atoms with Crippen LogP contribution in [0.25, 0.3) is 10.8 Å². The van der Waals surface area contributed by atoms with Crippen LogP contribution < -0.4 is 4.90 Å². The molecule has 0 spiro atoms. The zero-order valence-corrected chi connectivity index (χ0v) is 11.6. The van der Waals surface area contributed by atoms with Crippen LogP contribution in [0.2, 0.25) is 0 Å². The number of benzene rings is 2. The van der Waals surface area contributed by atoms with Crippen molar-refractivity contribution in [3.8, 4) is 6.07 Å². The van der Waals surface area contributed by atoms with E-state index in [4.69, 9.17) is 10.00 Å². The van der Waals surface area contributed by atoms with Gasteiger partial charge in [-0.05, 0) is 19.1 Å². The third kappa shape index (κ3) is 2.72. The zero-order valence-electron chi connectivity index (χ0n) is 11.6. The lowest BCUT2D eigenvalue weighted by atomic mass is 10.0. The van der Waals surface area contributed by atoms with Gasteiger partial charge in [0.15, 0.2) is 0 Å². The number of rotatable bonds is 4. The molecule has 0 amide bonds. The van der Waals surface area contributed by atoms with Gasteiger partial charge in [-0.25, -0.2) is 0 Å². The Morgan fingerprint density at radius 1 is 1.25 bits per heavy atom. The number of likely N-dealkylation sites (N-methyl/N-ethyl adjacent to an activating group) is 1. The van der Waals surface area contributed by atoms with Crippen molar-refractivity contribution in [1.29, 1.82) is 5.26 Å². The summed E-state index contributed by atoms with van der Waals surface area (Å²) < 4.78 is 4.96. The first-order chi connectivity index (χ1) is 9.67. The monoisotopic (exact) mass is 268 g/mol. The first kappa shape index (κ1) is 13.9. The Morgan fingerprint density at radius 3 is 2.60 bits per heavy atom. The molecule has 0 aliphatic heterocycles. The highest BCUT2D eigenvalue weighted by molar-refractivity contribution is 5.98. The number of carbonyl (C=O) groups excluding carboxylic acids is 1. The number of nitrogens with zero attached hydrogens (tertiary/aromatic N) is 2. The van der Waals surface area contributed by atoms with Crippen LogP contribution in [0, 0.1) is 11.3 Å². The highest BCUT2D eigenvalue weighted by Gasteiger charge is 2.12. The van der Waals surface area contributed by atoms with Crippen molar-refractivity contribution in [3.63, 3.8) is 0 Å². The molecule has 0 N–H and O–H groups in total. The second-order valence-electron chi connectivity index (χ2n) is 4.45. The highest BCUT2D eigenvalue weighted by atomic mass is 16.5. The minimum atomic E-state index is -0.261. The van der Waals surface area contributed by atoms with E-state index >= 15 is 0 Å². The number of anilines is 1. The summed E-state index contributed by atoms with van der Waals surface area (Å²) in [4.78, 5) is 13.4. The molecule has 0 fully saturated rings. The Bertz CT molecular complexity index is 674. The van der Waals surface area contributed by atoms with Crippen molar-refractivity contribution < 1.29 is 9.53 Å². The fourth-order valence-electron chi connectivity index (χ4n) is 2.20. The molecule has 4 nitrogen and oxygen atoms in total. The standard InChI is InChI=1S/C16H16N2O2/c1-3-20-16(19)11-18(2)15-9-8-12(10-17)13-6-4-5-7-14(13)15/h4-9H,3,11H2,1-2H3. The molecule has 4 heteroatoms. The van der Waals surface area contributed by atoms with Gasteiger partial charge in [0.25, 0.3) is 0 Å². The zero-order chi connectivity index (χ0) is 14.5. The molecule has 0 radical (unpaired) electrons. The van der Waals surface area contributed by atoms with Crippen molar-refractivity contribution in [2.75, 3.05) is 25.1 Å². The van der Waals surface area contributed by atoms with E-state index in [1.807, 2.05) is 42.3 Å². The molecule has 0 bridgehead atoms. The quantitative estimate of drug-likeness (QED) is 0.800. The van der Waals surface area contributed by atoms with Crippen molar-refractivity contribution >= 4 is 22.4 Å². The maximum Gasteiger partial charge on any atom is 0.325 e. The Hall–Kier alpha value is -2.54. The number of carbonyl (C=O) groups is 1. The van der Waals surface area contributed by atoms with Crippen molar-refractivity contribution in [3.05, 3.63) is 42.0 Å². The van der Waals surface area contributed by atoms with Crippen LogP contribution in [-0.4, -0.2) is 26.2 Å². The third-order valence-electron chi connectivity index (χ3n) is 3.10. The van der Waals surface area contributed by atoms with Crippen molar-refractivity contribution in [1.82, 2.24) is 0 Å². The van der Waals surface area contributed by atoms with E-state index in [0.717, 1.165) is 16.5 Å². The maximum atomic E-state index is 11.6. The molecule has 20 heavy (non-hydrogen) atoms. The third-order valence-corrected chi connectivity index (χ3v) is 3.10. The Balaban J connectivity index is 2.40. The number of nitriles is 1. The van der Waals surface area contributed by atoms with Crippen molar-refractivity contribution in [2.45, 2.75) is 6.92 Å². The van der Waals surface area contributed by atoms with Gasteiger partial charge in [-0.15, -0.1) is 0 Å². The number of esters is 1. The molecule has 2 aromatic carbocycles. The summed E-state index contributed by atoms with van der Waals surface area (Å²) >= 11 is 0. The fraction of sp³-hybridized carbons (Fsp3) is 0.250. The summed E-state index contributed by atoms with van der Waals surface area (Å²) in [5.74, 6) is -0.261. The lowest BCUT2D eigenvalue weighted by molar-refractivity contribution is -0.141. The summed E-state index contributed by atoms with van der Waals surface area (Å²) in [5.41, 5.74) is 1.54. The molecular formula is C16H16N2O2. The maximum absolute atomic E-state index is 11.6. The van der Waals surface area contributed by atoms with E-state index in [1.165, 1.54) is 0 Å². The van der Waals surface area contributed by atoms with E-state index < -0.39 is 0 Å². The van der Waals surface area contributed by atoms with E-state index in [9.17, 15) is 4.79 Å². The van der Waals surface area contributed by atoms with Gasteiger partial charge in [0, 0.05) is 23.5 Å². The average Bonchev–Trinajstić information content (AvgIpc) is 2.46. The van der Waals surface area contributed by atoms with E-state index in [2.05, 4.69) is 6.07 Å². The SMILES string of the molecule is CCOC(=O)CN(C)c1ccc(C#N)c2ccccc12. The van der Waals surface area contributed by atoms with Gasteiger partial charge in [0.1, 0.15) is 6.54 Å². The molecule has 0 aromatic heterocycles. The lowest BCUT2D eigenvalue weighted by Crippen LogP contribution is -2.27. The smallest absolute Gasteiger partial charge is 0.325 e. The minimum absolute atomic E-state index is 0.184. The van der Waals surface area contributed by atoms with Gasteiger partial charge in [0.05, 0.1) is 18.2 Å². The van der Waals surface area contributed by atoms with Crippen LogP contribution in [0.3, 0.4) is 0 Å². The van der Waals surface area contributed by atoms with Crippen LogP contribution in [0.15, 0.2) is 36.4 Å². The molecule has 102 valence electrons. The second kappa shape index (κ2) is 6.07. The predicted molar refractivity (Wildman–Crippen MR) is 78.6 cm³/mol. The number of ether oxygens (including phenoxy) is 1. The second-order valence-corrected chi connectivity index (χ2v) is 4.45. The molecule has 0 heterocycles. The Labute approximate surface area is 118 Å². The van der Waals surface area contributed by atoms with Gasteiger partial charge >= 0.3 is 5.97 Å². The van der Waals surface area contributed by atoms with Crippen LogP contribution >= 0.6 is 0 Å². The van der Waals surface area contributed by atoms with Crippen LogP contribution in [-0.2, 0) is 9.53 Å². The van der Waals surface area contributed by atoms with E-state index in [1.54, 1.807) is 13.0 Å². The average molecular weight is 268 g/mol. The molecular weight excluding hydrogens is 252 g/mol. The van der Waals surface area contributed by atoms with Crippen molar-refractivity contribution in [2.24, 2.45) is 0 Å². The Kier molecular flexibility index (Phi) is 4.21. The minimum Gasteiger partial charge on any atom is -0.465 e. The molecule has 2 aromatic rings. The molecule has 0 saturated heterocycles. The summed E-state index contributed by atoms with van der Waals surface area (Å²) in [6, 6.07) is 13.5. The van der Waals surface area contributed by atoms with Gasteiger partial charge in [0.2, 0.25) is 0 Å². The molecule has 2 rings (SSSR count). The summed E-state index contributed by atoms with van der Waals surface area (Å²) in [7, 11) is 1.84. The van der Waals surface area contributed by atoms with Crippen LogP contribution in [0.5, 0.6) is 0 Å². The molecule has 0 unspecified atom stereocenters. The van der Waals surface area contributed by atoms with Gasteiger partial charge in [-0.3, -0.25) is 4.79 Å². The number of hydrogen-bond acceptors (Lipinski definition) is 4. The summed E-state index contributed by atoms with van der Waals surface area (Å²) in [6.07, 6.45) is 0. The number of hydrogen-bond donors (Lipinski definition) is 0. The van der Waals surface area contributed by atoms with Gasteiger partial charge in [-0.1, -0.05) is 24.3 Å². The summed E-state index contributed by atoms with van der Waals surface area (Å²) in [5, 5.41) is 11.0. The number of fused-ring (bicyclic) bond motifs is 1. The van der Waals surface area contributed by atoms with Crippen LogP contribution in [0.4, 0.5) is 5.69 Å². The highest BCUT2D eigenvalue weighted by Crippen LogP contribution is 2.28. The fourth-order valence-corrected chi connectivity index (χ4v) is 2.20. The van der Waals surface area contributed by atoms with Crippen LogP contribution in [0.1, 0.15) is 12.5 Å². The normalized spacial score (nSPS) is 10.1. The van der Waals surface area contributed by atoms with E-state index in [0.29, 0.717) is 12.2 Å². The summed E-state index contributed by atoms with van der Waals surface area (Å²) in [6.45, 7) is 2.35. The Morgan fingerprint density at radius 2 is 1.95 bits per heavy atom. The topological polar surface area (TPSA) is 53.3 Å². The molecule has 0 aliphatic rings. The molecule has 0 atom stereocenters. The van der Waals surface area contributed by atoms with Gasteiger partial charge in [-0.2, -0.15) is 5.26 Å². The largest absolute Gasteiger partial charge is 0.465 e. The van der Waals surface area contributed by atoms with E-state index in [-0.39, 0.29) is 12.5 Å². The molecule has 0 saturated carbocycles. The predicted octanol–water partition coefficient (Wildman–Crippen LogP) is 2.71. The first-order valence-electron chi connectivity index (χ1n) is 6.46. The lowest BCUT2D eigenvalue weighted by Gasteiger charge is -2.20. The van der Waals surface area contributed by atoms with Gasteiger partial charge < -0.3 is 9.64 Å². The first-order valence-corrected chi connectivity index (χ1v) is 6.46.